The molecule has 2 rings (SSSR count). The Morgan fingerprint density at radius 2 is 2.12 bits per heavy atom. The first-order valence-electron chi connectivity index (χ1n) is 6.29. The predicted molar refractivity (Wildman–Crippen MR) is 70.1 cm³/mol. The monoisotopic (exact) mass is 237 g/mol. The number of rotatable bonds is 6. The smallest absolute Gasteiger partial charge is 0.0441 e. The van der Waals surface area contributed by atoms with E-state index >= 15 is 0 Å². The van der Waals surface area contributed by atoms with Crippen molar-refractivity contribution in [1.29, 1.82) is 0 Å². The van der Waals surface area contributed by atoms with Gasteiger partial charge in [0.25, 0.3) is 0 Å². The molecule has 1 fully saturated rings. The van der Waals surface area contributed by atoms with Gasteiger partial charge in [-0.3, -0.25) is 0 Å². The Labute approximate surface area is 103 Å². The van der Waals surface area contributed by atoms with E-state index in [0.717, 1.165) is 17.6 Å². The number of nitrogens with one attached hydrogen (secondary N) is 1. The van der Waals surface area contributed by atoms with Crippen LogP contribution in [0.2, 0.25) is 5.02 Å². The largest absolute Gasteiger partial charge is 0.313 e. The summed E-state index contributed by atoms with van der Waals surface area (Å²) in [6.45, 7) is 3.31. The van der Waals surface area contributed by atoms with E-state index < -0.39 is 0 Å². The first kappa shape index (κ1) is 11.9. The van der Waals surface area contributed by atoms with Crippen molar-refractivity contribution in [2.75, 3.05) is 6.54 Å². The van der Waals surface area contributed by atoms with Crippen LogP contribution in [0.4, 0.5) is 0 Å². The summed E-state index contributed by atoms with van der Waals surface area (Å²) in [6, 6.07) is 9.03. The zero-order valence-electron chi connectivity index (χ0n) is 9.88. The van der Waals surface area contributed by atoms with Gasteiger partial charge in [-0.2, -0.15) is 0 Å². The molecule has 1 N–H and O–H groups in total. The van der Waals surface area contributed by atoms with E-state index in [2.05, 4.69) is 24.4 Å². The number of benzene rings is 1. The van der Waals surface area contributed by atoms with Crippen LogP contribution in [0, 0.1) is 0 Å². The summed E-state index contributed by atoms with van der Waals surface area (Å²) in [6.07, 6.45) is 5.12. The van der Waals surface area contributed by atoms with Crippen molar-refractivity contribution >= 4 is 11.6 Å². The second-order valence-corrected chi connectivity index (χ2v) is 5.10. The van der Waals surface area contributed by atoms with Crippen LogP contribution in [0.15, 0.2) is 24.3 Å². The summed E-state index contributed by atoms with van der Waals surface area (Å²) >= 11 is 6.26. The fourth-order valence-electron chi connectivity index (χ4n) is 2.12. The fraction of sp³-hybridized carbons (Fsp3) is 0.571. The molecule has 0 aromatic heterocycles. The molecule has 0 saturated heterocycles. The van der Waals surface area contributed by atoms with Crippen LogP contribution in [-0.2, 0) is 0 Å². The molecule has 1 aliphatic rings. The van der Waals surface area contributed by atoms with Crippen molar-refractivity contribution in [2.45, 2.75) is 44.6 Å². The highest BCUT2D eigenvalue weighted by Gasteiger charge is 2.22. The summed E-state index contributed by atoms with van der Waals surface area (Å²) in [7, 11) is 0. The molecule has 88 valence electrons. The highest BCUT2D eigenvalue weighted by molar-refractivity contribution is 6.31. The molecule has 0 amide bonds. The normalized spacial score (nSPS) is 17.4. The fourth-order valence-corrected chi connectivity index (χ4v) is 2.41. The maximum absolute atomic E-state index is 6.26. The van der Waals surface area contributed by atoms with Crippen molar-refractivity contribution in [3.8, 4) is 0 Å². The minimum Gasteiger partial charge on any atom is -0.313 e. The molecule has 1 aromatic rings. The Morgan fingerprint density at radius 1 is 1.38 bits per heavy atom. The van der Waals surface area contributed by atoms with Gasteiger partial charge in [0, 0.05) is 17.6 Å². The van der Waals surface area contributed by atoms with Gasteiger partial charge in [-0.1, -0.05) is 43.1 Å². The van der Waals surface area contributed by atoms with E-state index in [1.807, 2.05) is 12.1 Å². The van der Waals surface area contributed by atoms with E-state index in [9.17, 15) is 0 Å². The topological polar surface area (TPSA) is 12.0 Å². The minimum absolute atomic E-state index is 0.569. The second kappa shape index (κ2) is 5.70. The van der Waals surface area contributed by atoms with E-state index in [4.69, 9.17) is 11.6 Å². The summed E-state index contributed by atoms with van der Waals surface area (Å²) in [5.41, 5.74) is 1.30. The van der Waals surface area contributed by atoms with E-state index in [1.54, 1.807) is 0 Å². The third-order valence-corrected chi connectivity index (χ3v) is 3.56. The zero-order chi connectivity index (χ0) is 11.4. The number of halogens is 1. The van der Waals surface area contributed by atoms with Crippen LogP contribution >= 0.6 is 11.6 Å². The Morgan fingerprint density at radius 3 is 2.75 bits per heavy atom. The van der Waals surface area contributed by atoms with Gasteiger partial charge in [0.05, 0.1) is 0 Å². The minimum atomic E-state index is 0.569. The molecule has 1 atom stereocenters. The molecule has 16 heavy (non-hydrogen) atoms. The van der Waals surface area contributed by atoms with Gasteiger partial charge < -0.3 is 5.32 Å². The summed E-state index contributed by atoms with van der Waals surface area (Å²) in [5.74, 6) is 0.569. The molecular formula is C14H20ClN. The highest BCUT2D eigenvalue weighted by atomic mass is 35.5. The average Bonchev–Trinajstić information content (AvgIpc) is 3.09. The lowest BCUT2D eigenvalue weighted by Crippen LogP contribution is -2.23. The van der Waals surface area contributed by atoms with Gasteiger partial charge in [-0.15, -0.1) is 0 Å². The average molecular weight is 238 g/mol. The Balaban J connectivity index is 2.01. The molecular weight excluding hydrogens is 218 g/mol. The highest BCUT2D eigenvalue weighted by Crippen LogP contribution is 2.28. The maximum atomic E-state index is 6.26. The second-order valence-electron chi connectivity index (χ2n) is 4.69. The molecule has 0 bridgehead atoms. The van der Waals surface area contributed by atoms with Crippen LogP contribution in [0.3, 0.4) is 0 Å². The van der Waals surface area contributed by atoms with Crippen molar-refractivity contribution in [3.05, 3.63) is 34.9 Å². The zero-order valence-corrected chi connectivity index (χ0v) is 10.6. The third kappa shape index (κ3) is 3.23. The van der Waals surface area contributed by atoms with Crippen LogP contribution < -0.4 is 5.32 Å². The Bertz CT molecular complexity index is 333. The quantitative estimate of drug-likeness (QED) is 0.789. The summed E-state index contributed by atoms with van der Waals surface area (Å²) in [5, 5.41) is 4.52. The van der Waals surface area contributed by atoms with E-state index in [0.29, 0.717) is 5.92 Å². The molecule has 1 aromatic carbocycles. The summed E-state index contributed by atoms with van der Waals surface area (Å²) < 4.78 is 0. The SMILES string of the molecule is CCCC(CNC1CC1)c1ccccc1Cl. The van der Waals surface area contributed by atoms with Gasteiger partial charge in [-0.05, 0) is 36.8 Å². The first-order valence-corrected chi connectivity index (χ1v) is 6.67. The van der Waals surface area contributed by atoms with Crippen LogP contribution in [-0.4, -0.2) is 12.6 Å². The third-order valence-electron chi connectivity index (χ3n) is 3.21. The molecule has 0 spiro atoms. The Hall–Kier alpha value is -0.530. The predicted octanol–water partition coefficient (Wildman–Crippen LogP) is 3.98. The van der Waals surface area contributed by atoms with E-state index in [1.165, 1.54) is 31.2 Å². The van der Waals surface area contributed by atoms with Crippen molar-refractivity contribution in [3.63, 3.8) is 0 Å². The number of hydrogen-bond acceptors (Lipinski definition) is 1. The van der Waals surface area contributed by atoms with Gasteiger partial charge in [0.2, 0.25) is 0 Å². The lowest BCUT2D eigenvalue weighted by atomic mass is 9.94. The molecule has 1 unspecified atom stereocenters. The van der Waals surface area contributed by atoms with Crippen LogP contribution in [0.5, 0.6) is 0 Å². The molecule has 1 aliphatic carbocycles. The van der Waals surface area contributed by atoms with Gasteiger partial charge >= 0.3 is 0 Å². The maximum Gasteiger partial charge on any atom is 0.0441 e. The summed E-state index contributed by atoms with van der Waals surface area (Å²) in [4.78, 5) is 0. The Kier molecular flexibility index (Phi) is 4.25. The molecule has 0 heterocycles. The molecule has 1 saturated carbocycles. The lowest BCUT2D eigenvalue weighted by molar-refractivity contribution is 0.542. The van der Waals surface area contributed by atoms with Crippen molar-refractivity contribution in [1.82, 2.24) is 5.32 Å². The van der Waals surface area contributed by atoms with Crippen LogP contribution in [0.25, 0.3) is 0 Å². The molecule has 2 heteroatoms. The molecule has 0 aliphatic heterocycles. The molecule has 0 radical (unpaired) electrons. The van der Waals surface area contributed by atoms with Crippen LogP contribution in [0.1, 0.15) is 44.1 Å². The van der Waals surface area contributed by atoms with Crippen molar-refractivity contribution < 1.29 is 0 Å². The van der Waals surface area contributed by atoms with E-state index in [-0.39, 0.29) is 0 Å². The number of hydrogen-bond donors (Lipinski definition) is 1. The lowest BCUT2D eigenvalue weighted by Gasteiger charge is -2.18. The van der Waals surface area contributed by atoms with Gasteiger partial charge in [0.1, 0.15) is 0 Å². The van der Waals surface area contributed by atoms with Gasteiger partial charge in [0.15, 0.2) is 0 Å². The standard InChI is InChI=1S/C14H20ClN/c1-2-5-11(10-16-12-8-9-12)13-6-3-4-7-14(13)15/h3-4,6-7,11-12,16H,2,5,8-10H2,1H3. The van der Waals surface area contributed by atoms with Gasteiger partial charge in [-0.25, -0.2) is 0 Å². The molecule has 1 nitrogen and oxygen atoms in total. The van der Waals surface area contributed by atoms with Crippen molar-refractivity contribution in [2.24, 2.45) is 0 Å². The first-order chi connectivity index (χ1) is 7.81.